The SMILES string of the molecule is CCn1c(SCC(=O)N[C@H](c2ccccc2)c2nccn2C)nnc1C1CC1. The van der Waals surface area contributed by atoms with Gasteiger partial charge in [-0.2, -0.15) is 0 Å². The summed E-state index contributed by atoms with van der Waals surface area (Å²) in [5.74, 6) is 2.64. The minimum atomic E-state index is -0.291. The molecular weight excluding hydrogens is 372 g/mol. The fourth-order valence-corrected chi connectivity index (χ4v) is 4.10. The number of nitrogens with zero attached hydrogens (tertiary/aromatic N) is 5. The Morgan fingerprint density at radius 2 is 2.07 bits per heavy atom. The first-order chi connectivity index (χ1) is 13.7. The number of thioether (sulfide) groups is 1. The van der Waals surface area contributed by atoms with Crippen LogP contribution in [-0.2, 0) is 18.4 Å². The Bertz CT molecular complexity index is 947. The number of nitrogens with one attached hydrogen (secondary N) is 1. The molecule has 0 aliphatic heterocycles. The molecule has 8 heteroatoms. The van der Waals surface area contributed by atoms with E-state index >= 15 is 0 Å². The molecule has 0 spiro atoms. The van der Waals surface area contributed by atoms with Crippen molar-refractivity contribution in [1.82, 2.24) is 29.6 Å². The number of hydrogen-bond donors (Lipinski definition) is 1. The van der Waals surface area contributed by atoms with E-state index in [0.717, 1.165) is 28.9 Å². The van der Waals surface area contributed by atoms with Gasteiger partial charge in [-0.1, -0.05) is 42.1 Å². The molecule has 0 saturated heterocycles. The van der Waals surface area contributed by atoms with Crippen LogP contribution in [0.1, 0.15) is 48.9 Å². The van der Waals surface area contributed by atoms with E-state index in [4.69, 9.17) is 0 Å². The van der Waals surface area contributed by atoms with Crippen LogP contribution in [0.4, 0.5) is 0 Å². The predicted molar refractivity (Wildman–Crippen MR) is 108 cm³/mol. The van der Waals surface area contributed by atoms with Gasteiger partial charge in [0.1, 0.15) is 17.7 Å². The summed E-state index contributed by atoms with van der Waals surface area (Å²) in [7, 11) is 1.93. The van der Waals surface area contributed by atoms with Gasteiger partial charge in [0.2, 0.25) is 5.91 Å². The lowest BCUT2D eigenvalue weighted by atomic mass is 10.1. The molecule has 2 heterocycles. The summed E-state index contributed by atoms with van der Waals surface area (Å²) in [5.41, 5.74) is 1.00. The highest BCUT2D eigenvalue weighted by molar-refractivity contribution is 7.99. The van der Waals surface area contributed by atoms with Crippen LogP contribution in [0.25, 0.3) is 0 Å². The molecular formula is C20H24N6OS. The van der Waals surface area contributed by atoms with E-state index in [1.54, 1.807) is 6.20 Å². The molecule has 1 saturated carbocycles. The monoisotopic (exact) mass is 396 g/mol. The zero-order chi connectivity index (χ0) is 19.5. The maximum atomic E-state index is 12.7. The molecule has 146 valence electrons. The molecule has 1 aliphatic carbocycles. The van der Waals surface area contributed by atoms with Crippen LogP contribution in [0.15, 0.2) is 47.9 Å². The summed E-state index contributed by atoms with van der Waals surface area (Å²) < 4.78 is 4.06. The summed E-state index contributed by atoms with van der Waals surface area (Å²) in [4.78, 5) is 17.2. The van der Waals surface area contributed by atoms with Crippen molar-refractivity contribution < 1.29 is 4.79 Å². The number of imidazole rings is 1. The molecule has 1 amide bonds. The first-order valence-electron chi connectivity index (χ1n) is 9.54. The van der Waals surface area contributed by atoms with Crippen molar-refractivity contribution in [2.24, 2.45) is 7.05 Å². The Morgan fingerprint density at radius 3 is 2.71 bits per heavy atom. The Morgan fingerprint density at radius 1 is 1.29 bits per heavy atom. The van der Waals surface area contributed by atoms with E-state index < -0.39 is 0 Å². The number of aromatic nitrogens is 5. The maximum absolute atomic E-state index is 12.7. The number of aryl methyl sites for hydroxylation is 1. The van der Waals surface area contributed by atoms with Crippen molar-refractivity contribution in [2.75, 3.05) is 5.75 Å². The highest BCUT2D eigenvalue weighted by Crippen LogP contribution is 2.40. The highest BCUT2D eigenvalue weighted by atomic mass is 32.2. The topological polar surface area (TPSA) is 77.6 Å². The van der Waals surface area contributed by atoms with Crippen LogP contribution in [0, 0.1) is 0 Å². The van der Waals surface area contributed by atoms with Crippen LogP contribution in [0.3, 0.4) is 0 Å². The summed E-state index contributed by atoms with van der Waals surface area (Å²) >= 11 is 1.43. The Hall–Kier alpha value is -2.61. The number of rotatable bonds is 8. The summed E-state index contributed by atoms with van der Waals surface area (Å²) in [5, 5.41) is 12.6. The van der Waals surface area contributed by atoms with Gasteiger partial charge in [-0.3, -0.25) is 4.79 Å². The lowest BCUT2D eigenvalue weighted by Crippen LogP contribution is -2.32. The molecule has 7 nitrogen and oxygen atoms in total. The number of carbonyl (C=O) groups excluding carboxylic acids is 1. The van der Waals surface area contributed by atoms with Gasteiger partial charge in [0, 0.05) is 31.9 Å². The van der Waals surface area contributed by atoms with Gasteiger partial charge in [0.15, 0.2) is 5.16 Å². The van der Waals surface area contributed by atoms with Crippen molar-refractivity contribution >= 4 is 17.7 Å². The maximum Gasteiger partial charge on any atom is 0.231 e. The molecule has 2 aromatic heterocycles. The van der Waals surface area contributed by atoms with Crippen molar-refractivity contribution in [1.29, 1.82) is 0 Å². The minimum absolute atomic E-state index is 0.0551. The van der Waals surface area contributed by atoms with Crippen molar-refractivity contribution in [3.05, 3.63) is 59.9 Å². The van der Waals surface area contributed by atoms with Gasteiger partial charge < -0.3 is 14.5 Å². The van der Waals surface area contributed by atoms with E-state index in [0.29, 0.717) is 5.92 Å². The van der Waals surface area contributed by atoms with Crippen LogP contribution in [0.2, 0.25) is 0 Å². The molecule has 3 aromatic rings. The third-order valence-electron chi connectivity index (χ3n) is 4.89. The first-order valence-corrected chi connectivity index (χ1v) is 10.5. The molecule has 1 aromatic carbocycles. The molecule has 0 unspecified atom stereocenters. The lowest BCUT2D eigenvalue weighted by molar-refractivity contribution is -0.119. The zero-order valence-corrected chi connectivity index (χ0v) is 16.9. The molecule has 1 aliphatic rings. The fraction of sp³-hybridized carbons (Fsp3) is 0.400. The minimum Gasteiger partial charge on any atom is -0.341 e. The van der Waals surface area contributed by atoms with Gasteiger partial charge in [0.25, 0.3) is 0 Å². The standard InChI is InChI=1S/C20H24N6OS/c1-3-26-18(15-9-10-15)23-24-20(26)28-13-16(27)22-17(14-7-5-4-6-8-14)19-21-11-12-25(19)2/h4-8,11-12,15,17H,3,9-10,13H2,1-2H3,(H,22,27)/t17-/m1/s1. The van der Waals surface area contributed by atoms with Gasteiger partial charge in [0.05, 0.1) is 5.75 Å². The third-order valence-corrected chi connectivity index (χ3v) is 5.86. The molecule has 1 atom stereocenters. The van der Waals surface area contributed by atoms with Gasteiger partial charge in [-0.05, 0) is 25.3 Å². The van der Waals surface area contributed by atoms with Gasteiger partial charge in [-0.25, -0.2) is 4.98 Å². The molecule has 28 heavy (non-hydrogen) atoms. The highest BCUT2D eigenvalue weighted by Gasteiger charge is 2.30. The van der Waals surface area contributed by atoms with Crippen molar-refractivity contribution in [3.63, 3.8) is 0 Å². The second-order valence-corrected chi connectivity index (χ2v) is 7.90. The molecule has 0 radical (unpaired) electrons. The van der Waals surface area contributed by atoms with Crippen LogP contribution >= 0.6 is 11.8 Å². The van der Waals surface area contributed by atoms with Crippen molar-refractivity contribution in [3.8, 4) is 0 Å². The van der Waals surface area contributed by atoms with Crippen LogP contribution in [-0.4, -0.2) is 36.0 Å². The Labute approximate surface area is 168 Å². The van der Waals surface area contributed by atoms with E-state index in [2.05, 4.69) is 32.0 Å². The third kappa shape index (κ3) is 3.96. The van der Waals surface area contributed by atoms with Crippen LogP contribution in [0.5, 0.6) is 0 Å². The number of hydrogen-bond acceptors (Lipinski definition) is 5. The van der Waals surface area contributed by atoms with E-state index in [1.807, 2.05) is 48.1 Å². The average molecular weight is 397 g/mol. The van der Waals surface area contributed by atoms with Gasteiger partial charge in [-0.15, -0.1) is 10.2 Å². The van der Waals surface area contributed by atoms with E-state index in [9.17, 15) is 4.79 Å². The molecule has 1 N–H and O–H groups in total. The number of carbonyl (C=O) groups is 1. The van der Waals surface area contributed by atoms with Gasteiger partial charge >= 0.3 is 0 Å². The second-order valence-electron chi connectivity index (χ2n) is 6.96. The normalized spacial score (nSPS) is 14.8. The number of benzene rings is 1. The largest absolute Gasteiger partial charge is 0.341 e. The summed E-state index contributed by atoms with van der Waals surface area (Å²) in [6, 6.07) is 9.61. The molecule has 0 bridgehead atoms. The lowest BCUT2D eigenvalue weighted by Gasteiger charge is -2.19. The van der Waals surface area contributed by atoms with Crippen LogP contribution < -0.4 is 5.32 Å². The smallest absolute Gasteiger partial charge is 0.231 e. The quantitative estimate of drug-likeness (QED) is 0.593. The average Bonchev–Trinajstić information content (AvgIpc) is 3.34. The zero-order valence-electron chi connectivity index (χ0n) is 16.1. The Balaban J connectivity index is 1.46. The second kappa shape index (κ2) is 8.18. The molecule has 1 fully saturated rings. The fourth-order valence-electron chi connectivity index (χ4n) is 3.28. The summed E-state index contributed by atoms with van der Waals surface area (Å²) in [6.07, 6.45) is 6.00. The first kappa shape index (κ1) is 18.7. The predicted octanol–water partition coefficient (Wildman–Crippen LogP) is 2.91. The summed E-state index contributed by atoms with van der Waals surface area (Å²) in [6.45, 7) is 2.91. The number of amides is 1. The van der Waals surface area contributed by atoms with E-state index in [1.165, 1.54) is 24.6 Å². The van der Waals surface area contributed by atoms with E-state index in [-0.39, 0.29) is 17.7 Å². The molecule has 4 rings (SSSR count). The van der Waals surface area contributed by atoms with Crippen molar-refractivity contribution in [2.45, 2.75) is 43.4 Å². The Kier molecular flexibility index (Phi) is 5.47.